The van der Waals surface area contributed by atoms with Crippen LogP contribution in [0.2, 0.25) is 0 Å². The summed E-state index contributed by atoms with van der Waals surface area (Å²) in [5, 5.41) is 10.9. The number of fused-ring (bicyclic) bond motifs is 1. The van der Waals surface area contributed by atoms with Crippen molar-refractivity contribution in [2.45, 2.75) is 33.2 Å². The fraction of sp³-hybridized carbons (Fsp3) is 0.385. The third-order valence-electron chi connectivity index (χ3n) is 6.03. The number of nitrogens with zero attached hydrogens (tertiary/aromatic N) is 1. The predicted octanol–water partition coefficient (Wildman–Crippen LogP) is 4.38. The van der Waals surface area contributed by atoms with Crippen LogP contribution >= 0.6 is 0 Å². The monoisotopic (exact) mass is 467 g/mol. The maximum absolute atomic E-state index is 13.3. The topological polar surface area (TPSA) is 98.4 Å². The van der Waals surface area contributed by atoms with Crippen molar-refractivity contribution >= 4 is 16.9 Å². The maximum atomic E-state index is 13.3. The summed E-state index contributed by atoms with van der Waals surface area (Å²) < 4.78 is 22.3. The molecule has 0 saturated carbocycles. The number of hydrogen-bond acceptors (Lipinski definition) is 8. The minimum atomic E-state index is -0.328. The van der Waals surface area contributed by atoms with E-state index >= 15 is 0 Å². The Balaban J connectivity index is 1.65. The molecule has 1 aliphatic heterocycles. The second-order valence-corrected chi connectivity index (χ2v) is 8.36. The van der Waals surface area contributed by atoms with E-state index in [0.717, 1.165) is 19.4 Å². The zero-order valence-corrected chi connectivity index (χ0v) is 19.6. The summed E-state index contributed by atoms with van der Waals surface area (Å²) in [6.07, 6.45) is 1.62. The number of hydrogen-bond donors (Lipinski definition) is 1. The van der Waals surface area contributed by atoms with E-state index in [1.54, 1.807) is 45.2 Å². The summed E-state index contributed by atoms with van der Waals surface area (Å²) in [6.45, 7) is 5.44. The average Bonchev–Trinajstić information content (AvgIpc) is 2.84. The minimum absolute atomic E-state index is 0.0368. The lowest BCUT2D eigenvalue weighted by molar-refractivity contribution is -0.150. The Morgan fingerprint density at radius 3 is 2.79 bits per heavy atom. The van der Waals surface area contributed by atoms with Crippen LogP contribution in [-0.4, -0.2) is 42.8 Å². The molecular weight excluding hydrogens is 438 g/mol. The highest BCUT2D eigenvalue weighted by atomic mass is 16.5. The van der Waals surface area contributed by atoms with Gasteiger partial charge < -0.3 is 23.7 Å². The van der Waals surface area contributed by atoms with E-state index in [2.05, 4.69) is 4.90 Å². The quantitative estimate of drug-likeness (QED) is 0.511. The van der Waals surface area contributed by atoms with Crippen LogP contribution in [0.25, 0.3) is 11.0 Å². The van der Waals surface area contributed by atoms with Gasteiger partial charge in [0.05, 0.1) is 30.6 Å². The van der Waals surface area contributed by atoms with E-state index in [9.17, 15) is 14.7 Å². The van der Waals surface area contributed by atoms with Crippen LogP contribution in [0.15, 0.2) is 45.6 Å². The Bertz CT molecular complexity index is 1250. The van der Waals surface area contributed by atoms with Crippen LogP contribution in [0.3, 0.4) is 0 Å². The molecule has 8 heteroatoms. The lowest BCUT2D eigenvalue weighted by Gasteiger charge is -2.31. The first-order valence-electron chi connectivity index (χ1n) is 11.4. The van der Waals surface area contributed by atoms with Crippen molar-refractivity contribution in [3.05, 3.63) is 57.9 Å². The third-order valence-corrected chi connectivity index (χ3v) is 6.03. The summed E-state index contributed by atoms with van der Waals surface area (Å²) in [5.41, 5.74) is 0.500. The average molecular weight is 468 g/mol. The Kier molecular flexibility index (Phi) is 7.07. The van der Waals surface area contributed by atoms with Gasteiger partial charge in [0.1, 0.15) is 28.6 Å². The van der Waals surface area contributed by atoms with E-state index in [1.807, 2.05) is 0 Å². The van der Waals surface area contributed by atoms with Crippen molar-refractivity contribution in [1.29, 1.82) is 0 Å². The number of benzene rings is 2. The number of likely N-dealkylation sites (tertiary alicyclic amines) is 1. The van der Waals surface area contributed by atoms with Gasteiger partial charge in [-0.25, -0.2) is 0 Å². The summed E-state index contributed by atoms with van der Waals surface area (Å²) in [5.74, 6) is 1.07. The molecule has 2 heterocycles. The van der Waals surface area contributed by atoms with Gasteiger partial charge in [-0.15, -0.1) is 0 Å². The number of aromatic hydroxyl groups is 1. The Labute approximate surface area is 197 Å². The first kappa shape index (κ1) is 23.6. The van der Waals surface area contributed by atoms with E-state index in [4.69, 9.17) is 18.6 Å². The minimum Gasteiger partial charge on any atom is -0.507 e. The lowest BCUT2D eigenvalue weighted by atomic mass is 9.97. The first-order chi connectivity index (χ1) is 16.4. The first-order valence-corrected chi connectivity index (χ1v) is 11.4. The van der Waals surface area contributed by atoms with Gasteiger partial charge in [0.2, 0.25) is 11.2 Å². The number of ether oxygens (including phenoxy) is 3. The highest BCUT2D eigenvalue weighted by Gasteiger charge is 2.28. The molecule has 1 fully saturated rings. The fourth-order valence-corrected chi connectivity index (χ4v) is 4.32. The maximum Gasteiger partial charge on any atom is 0.310 e. The smallest absolute Gasteiger partial charge is 0.310 e. The largest absolute Gasteiger partial charge is 0.507 e. The molecule has 1 N–H and O–H groups in total. The number of carbonyl (C=O) groups is 1. The van der Waals surface area contributed by atoms with Gasteiger partial charge in [-0.05, 0) is 57.5 Å². The zero-order valence-electron chi connectivity index (χ0n) is 19.6. The van der Waals surface area contributed by atoms with Crippen LogP contribution < -0.4 is 14.9 Å². The van der Waals surface area contributed by atoms with Crippen LogP contribution in [0.1, 0.15) is 31.1 Å². The van der Waals surface area contributed by atoms with Gasteiger partial charge in [0, 0.05) is 19.2 Å². The summed E-state index contributed by atoms with van der Waals surface area (Å²) in [4.78, 5) is 27.6. The van der Waals surface area contributed by atoms with Gasteiger partial charge in [-0.2, -0.15) is 0 Å². The van der Waals surface area contributed by atoms with Gasteiger partial charge in [0.25, 0.3) is 0 Å². The van der Waals surface area contributed by atoms with E-state index in [0.29, 0.717) is 53.5 Å². The zero-order chi connectivity index (χ0) is 24.2. The molecule has 3 aromatic rings. The fourth-order valence-electron chi connectivity index (χ4n) is 4.32. The third kappa shape index (κ3) is 4.87. The SMILES string of the molecule is CCOC(=O)C1CCCN(Cc2c(O)ccc3c(=O)c(Oc4cccc(OC)c4)c(C)oc23)C1. The Morgan fingerprint density at radius 1 is 1.24 bits per heavy atom. The van der Waals surface area contributed by atoms with Crippen molar-refractivity contribution < 1.29 is 28.5 Å². The molecule has 4 rings (SSSR count). The molecular formula is C26H29NO7. The van der Waals surface area contributed by atoms with E-state index in [1.165, 1.54) is 12.1 Å². The van der Waals surface area contributed by atoms with Crippen LogP contribution in [0.4, 0.5) is 0 Å². The normalized spacial score (nSPS) is 16.4. The van der Waals surface area contributed by atoms with Gasteiger partial charge in [-0.3, -0.25) is 14.5 Å². The van der Waals surface area contributed by atoms with Crippen molar-refractivity contribution in [2.75, 3.05) is 26.8 Å². The molecule has 1 saturated heterocycles. The molecule has 0 bridgehead atoms. The summed E-state index contributed by atoms with van der Waals surface area (Å²) in [7, 11) is 1.56. The van der Waals surface area contributed by atoms with Crippen LogP contribution in [-0.2, 0) is 16.1 Å². The number of phenolic OH excluding ortho intramolecular Hbond substituents is 1. The standard InChI is InChI=1S/C26H29NO7/c1-4-32-26(30)17-7-6-12-27(14-17)15-21-22(28)11-10-20-23(29)24(16(2)33-25(20)21)34-19-9-5-8-18(13-19)31-3/h5,8-11,13,17,28H,4,6-7,12,14-15H2,1-3H3. The van der Waals surface area contributed by atoms with Crippen LogP contribution in [0, 0.1) is 12.8 Å². The lowest BCUT2D eigenvalue weighted by Crippen LogP contribution is -2.39. The molecule has 1 aromatic heterocycles. The van der Waals surface area contributed by atoms with E-state index in [-0.39, 0.29) is 28.8 Å². The van der Waals surface area contributed by atoms with Gasteiger partial charge >= 0.3 is 5.97 Å². The molecule has 1 atom stereocenters. The number of methoxy groups -OCH3 is 1. The predicted molar refractivity (Wildman–Crippen MR) is 127 cm³/mol. The highest BCUT2D eigenvalue weighted by Crippen LogP contribution is 2.33. The van der Waals surface area contributed by atoms with Crippen molar-refractivity contribution in [2.24, 2.45) is 5.92 Å². The molecule has 1 aliphatic rings. The number of esters is 1. The van der Waals surface area contributed by atoms with Crippen molar-refractivity contribution in [3.63, 3.8) is 0 Å². The second-order valence-electron chi connectivity index (χ2n) is 8.36. The molecule has 8 nitrogen and oxygen atoms in total. The molecule has 0 radical (unpaired) electrons. The molecule has 34 heavy (non-hydrogen) atoms. The van der Waals surface area contributed by atoms with Gasteiger partial charge in [-0.1, -0.05) is 6.07 Å². The number of carbonyl (C=O) groups excluding carboxylic acids is 1. The Hall–Kier alpha value is -3.52. The van der Waals surface area contributed by atoms with Crippen molar-refractivity contribution in [3.8, 4) is 23.0 Å². The molecule has 0 aliphatic carbocycles. The van der Waals surface area contributed by atoms with E-state index < -0.39 is 0 Å². The Morgan fingerprint density at radius 2 is 2.03 bits per heavy atom. The summed E-state index contributed by atoms with van der Waals surface area (Å²) >= 11 is 0. The summed E-state index contributed by atoms with van der Waals surface area (Å²) in [6, 6.07) is 9.99. The number of phenols is 1. The number of rotatable bonds is 7. The molecule has 2 aromatic carbocycles. The molecule has 180 valence electrons. The molecule has 0 amide bonds. The highest BCUT2D eigenvalue weighted by molar-refractivity contribution is 5.83. The second kappa shape index (κ2) is 10.2. The van der Waals surface area contributed by atoms with Crippen molar-refractivity contribution in [1.82, 2.24) is 4.90 Å². The van der Waals surface area contributed by atoms with Crippen LogP contribution in [0.5, 0.6) is 23.0 Å². The van der Waals surface area contributed by atoms with Gasteiger partial charge in [0.15, 0.2) is 0 Å². The molecule has 0 spiro atoms. The number of piperidine rings is 1. The molecule has 1 unspecified atom stereocenters. The number of aryl methyl sites for hydroxylation is 1.